The number of fused-ring (bicyclic) bond motifs is 1. The van der Waals surface area contributed by atoms with Crippen LogP contribution >= 0.6 is 0 Å². The van der Waals surface area contributed by atoms with Gasteiger partial charge < -0.3 is 9.80 Å². The first-order valence-electron chi connectivity index (χ1n) is 9.29. The maximum atomic E-state index is 12.5. The molecule has 1 fully saturated rings. The highest BCUT2D eigenvalue weighted by Crippen LogP contribution is 2.27. The van der Waals surface area contributed by atoms with Crippen molar-refractivity contribution in [1.29, 1.82) is 0 Å². The number of carbonyl (C=O) groups is 2. The van der Waals surface area contributed by atoms with Gasteiger partial charge in [-0.1, -0.05) is 42.5 Å². The zero-order valence-electron chi connectivity index (χ0n) is 15.1. The van der Waals surface area contributed by atoms with Crippen molar-refractivity contribution in [2.24, 2.45) is 5.92 Å². The quantitative estimate of drug-likeness (QED) is 0.780. The minimum atomic E-state index is 0.108. The topological polar surface area (TPSA) is 66.4 Å². The first kappa shape index (κ1) is 17.4. The second kappa shape index (κ2) is 7.70. The van der Waals surface area contributed by atoms with Crippen LogP contribution in [0.15, 0.2) is 42.6 Å². The van der Waals surface area contributed by atoms with Gasteiger partial charge in [0.1, 0.15) is 0 Å². The standard InChI is InChI=1S/C21H22N4O2/c26-15-24-8-10-25(11-9-24)21-22-14-18-19(23-21)12-17(13-20(18)27)7-6-16-4-2-1-3-5-16/h1-7,14-15,17H,8-13H2/b7-6+/t17-/m0/s1. The number of piperazine rings is 1. The zero-order valence-corrected chi connectivity index (χ0v) is 15.1. The summed E-state index contributed by atoms with van der Waals surface area (Å²) in [6.45, 7) is 2.77. The molecule has 1 aliphatic carbocycles. The molecule has 1 amide bonds. The van der Waals surface area contributed by atoms with E-state index in [1.54, 1.807) is 11.1 Å². The third-order valence-corrected chi connectivity index (χ3v) is 5.17. The fourth-order valence-corrected chi connectivity index (χ4v) is 3.59. The molecule has 0 saturated carbocycles. The van der Waals surface area contributed by atoms with E-state index in [-0.39, 0.29) is 11.7 Å². The number of allylic oxidation sites excluding steroid dienone is 1. The van der Waals surface area contributed by atoms with E-state index in [2.05, 4.69) is 22.0 Å². The molecule has 4 rings (SSSR count). The molecule has 1 aliphatic heterocycles. The van der Waals surface area contributed by atoms with E-state index in [9.17, 15) is 9.59 Å². The van der Waals surface area contributed by atoms with Crippen LogP contribution in [0.1, 0.15) is 28.0 Å². The summed E-state index contributed by atoms with van der Waals surface area (Å²) in [5.41, 5.74) is 2.61. The molecule has 0 N–H and O–H groups in total. The Balaban J connectivity index is 1.50. The Morgan fingerprint density at radius 1 is 1.04 bits per heavy atom. The molecule has 1 atom stereocenters. The second-order valence-electron chi connectivity index (χ2n) is 7.02. The maximum absolute atomic E-state index is 12.5. The van der Waals surface area contributed by atoms with E-state index in [4.69, 9.17) is 4.98 Å². The van der Waals surface area contributed by atoms with Gasteiger partial charge in [0.05, 0.1) is 11.3 Å². The summed E-state index contributed by atoms with van der Waals surface area (Å²) in [4.78, 5) is 36.3. The number of anilines is 1. The number of hydrogen-bond donors (Lipinski definition) is 0. The number of rotatable bonds is 4. The van der Waals surface area contributed by atoms with E-state index in [0.717, 1.165) is 24.1 Å². The molecule has 0 bridgehead atoms. The van der Waals surface area contributed by atoms with E-state index in [0.29, 0.717) is 44.1 Å². The van der Waals surface area contributed by atoms with Gasteiger partial charge in [0, 0.05) is 38.8 Å². The summed E-state index contributed by atoms with van der Waals surface area (Å²) in [6, 6.07) is 10.1. The Hall–Kier alpha value is -3.02. The van der Waals surface area contributed by atoms with Crippen molar-refractivity contribution in [3.63, 3.8) is 0 Å². The largest absolute Gasteiger partial charge is 0.342 e. The number of nitrogens with zero attached hydrogens (tertiary/aromatic N) is 4. The van der Waals surface area contributed by atoms with Gasteiger partial charge in [-0.25, -0.2) is 9.97 Å². The summed E-state index contributed by atoms with van der Waals surface area (Å²) in [7, 11) is 0. The van der Waals surface area contributed by atoms with Crippen LogP contribution in [-0.4, -0.2) is 53.2 Å². The van der Waals surface area contributed by atoms with Crippen LogP contribution in [0.25, 0.3) is 6.08 Å². The second-order valence-corrected chi connectivity index (χ2v) is 7.02. The first-order valence-corrected chi connectivity index (χ1v) is 9.29. The average molecular weight is 362 g/mol. The minimum absolute atomic E-state index is 0.108. The van der Waals surface area contributed by atoms with Gasteiger partial charge in [-0.05, 0) is 17.9 Å². The summed E-state index contributed by atoms with van der Waals surface area (Å²) in [5.74, 6) is 0.913. The van der Waals surface area contributed by atoms with Crippen LogP contribution in [0.3, 0.4) is 0 Å². The highest BCUT2D eigenvalue weighted by atomic mass is 16.1. The van der Waals surface area contributed by atoms with Crippen LogP contribution < -0.4 is 4.90 Å². The molecular formula is C21H22N4O2. The number of Topliss-reactive ketones (excluding diaryl/α,β-unsaturated/α-hetero) is 1. The smallest absolute Gasteiger partial charge is 0.225 e. The first-order chi connectivity index (χ1) is 13.2. The van der Waals surface area contributed by atoms with Crippen molar-refractivity contribution in [3.05, 3.63) is 59.4 Å². The lowest BCUT2D eigenvalue weighted by atomic mass is 9.86. The molecule has 2 aliphatic rings. The van der Waals surface area contributed by atoms with Crippen LogP contribution in [-0.2, 0) is 11.2 Å². The van der Waals surface area contributed by atoms with Crippen molar-refractivity contribution in [2.75, 3.05) is 31.1 Å². The zero-order chi connectivity index (χ0) is 18.6. The lowest BCUT2D eigenvalue weighted by Crippen LogP contribution is -2.46. The molecule has 27 heavy (non-hydrogen) atoms. The normalized spacial score (nSPS) is 20.0. The number of ketones is 1. The van der Waals surface area contributed by atoms with Crippen LogP contribution in [0.2, 0.25) is 0 Å². The molecule has 6 heteroatoms. The molecule has 138 valence electrons. The molecule has 0 spiro atoms. The van der Waals surface area contributed by atoms with Crippen molar-refractivity contribution >= 4 is 24.2 Å². The van der Waals surface area contributed by atoms with Crippen molar-refractivity contribution in [3.8, 4) is 0 Å². The van der Waals surface area contributed by atoms with Crippen molar-refractivity contribution < 1.29 is 9.59 Å². The van der Waals surface area contributed by atoms with E-state index in [1.807, 2.05) is 30.3 Å². The van der Waals surface area contributed by atoms with Crippen LogP contribution in [0.4, 0.5) is 5.95 Å². The van der Waals surface area contributed by atoms with Gasteiger partial charge in [0.25, 0.3) is 0 Å². The van der Waals surface area contributed by atoms with Gasteiger partial charge in [0.2, 0.25) is 12.4 Å². The highest BCUT2D eigenvalue weighted by molar-refractivity contribution is 5.98. The van der Waals surface area contributed by atoms with E-state index < -0.39 is 0 Å². The molecule has 2 aromatic rings. The molecular weight excluding hydrogens is 340 g/mol. The Labute approximate surface area is 158 Å². The lowest BCUT2D eigenvalue weighted by molar-refractivity contribution is -0.118. The molecule has 6 nitrogen and oxygen atoms in total. The van der Waals surface area contributed by atoms with Crippen molar-refractivity contribution in [1.82, 2.24) is 14.9 Å². The Bertz CT molecular complexity index is 858. The van der Waals surface area contributed by atoms with Crippen LogP contribution in [0, 0.1) is 5.92 Å². The van der Waals surface area contributed by atoms with Gasteiger partial charge in [-0.3, -0.25) is 9.59 Å². The predicted molar refractivity (Wildman–Crippen MR) is 103 cm³/mol. The van der Waals surface area contributed by atoms with Crippen molar-refractivity contribution in [2.45, 2.75) is 12.8 Å². The summed E-state index contributed by atoms with van der Waals surface area (Å²) < 4.78 is 0. The third kappa shape index (κ3) is 3.89. The monoisotopic (exact) mass is 362 g/mol. The number of hydrogen-bond acceptors (Lipinski definition) is 5. The highest BCUT2D eigenvalue weighted by Gasteiger charge is 2.27. The Morgan fingerprint density at radius 2 is 1.81 bits per heavy atom. The Kier molecular flexibility index (Phi) is 4.96. The van der Waals surface area contributed by atoms with Crippen LogP contribution in [0.5, 0.6) is 0 Å². The fourth-order valence-electron chi connectivity index (χ4n) is 3.59. The van der Waals surface area contributed by atoms with Gasteiger partial charge >= 0.3 is 0 Å². The number of carbonyl (C=O) groups excluding carboxylic acids is 2. The van der Waals surface area contributed by atoms with E-state index in [1.165, 1.54) is 0 Å². The molecule has 0 radical (unpaired) electrons. The maximum Gasteiger partial charge on any atom is 0.225 e. The summed E-state index contributed by atoms with van der Waals surface area (Å²) in [5, 5.41) is 0. The van der Waals surface area contributed by atoms with Gasteiger partial charge in [-0.15, -0.1) is 0 Å². The molecule has 0 unspecified atom stereocenters. The lowest BCUT2D eigenvalue weighted by Gasteiger charge is -2.33. The fraction of sp³-hybridized carbons (Fsp3) is 0.333. The SMILES string of the molecule is O=CN1CCN(c2ncc3c(n2)C[C@H](/C=C/c2ccccc2)CC3=O)CC1. The number of amides is 1. The number of benzene rings is 1. The Morgan fingerprint density at radius 3 is 2.56 bits per heavy atom. The molecule has 1 saturated heterocycles. The molecule has 1 aromatic carbocycles. The van der Waals surface area contributed by atoms with Gasteiger partial charge in [0.15, 0.2) is 5.78 Å². The number of aromatic nitrogens is 2. The van der Waals surface area contributed by atoms with Gasteiger partial charge in [-0.2, -0.15) is 0 Å². The predicted octanol–water partition coefficient (Wildman–Crippen LogP) is 2.21. The summed E-state index contributed by atoms with van der Waals surface area (Å²) in [6.07, 6.45) is 7.98. The average Bonchev–Trinajstić information content (AvgIpc) is 2.73. The molecule has 2 heterocycles. The molecule has 1 aromatic heterocycles. The van der Waals surface area contributed by atoms with E-state index >= 15 is 0 Å². The minimum Gasteiger partial charge on any atom is -0.342 e. The third-order valence-electron chi connectivity index (χ3n) is 5.17. The summed E-state index contributed by atoms with van der Waals surface area (Å²) >= 11 is 0.